The van der Waals surface area contributed by atoms with Crippen LogP contribution in [-0.2, 0) is 4.79 Å². The van der Waals surface area contributed by atoms with E-state index in [-0.39, 0.29) is 18.6 Å². The van der Waals surface area contributed by atoms with Gasteiger partial charge in [0.1, 0.15) is 0 Å². The molecule has 0 aliphatic rings. The quantitative estimate of drug-likeness (QED) is 0.736. The summed E-state index contributed by atoms with van der Waals surface area (Å²) in [5, 5.41) is 11.7. The maximum Gasteiger partial charge on any atom is 0.240 e. The summed E-state index contributed by atoms with van der Waals surface area (Å²) in [6.07, 6.45) is 3.43. The standard InChI is InChI=1S/C11H18N4O2/c1-9(16)4-7-15(2)8-10(17)14-11-12-5-3-6-13-11/h3,5-6,9,16H,4,7-8H2,1-2H3,(H,12,13,14,17). The Balaban J connectivity index is 2.29. The monoisotopic (exact) mass is 238 g/mol. The summed E-state index contributed by atoms with van der Waals surface area (Å²) in [5.74, 6) is 0.144. The number of nitrogens with zero attached hydrogens (tertiary/aromatic N) is 3. The van der Waals surface area contributed by atoms with Gasteiger partial charge < -0.3 is 5.11 Å². The Hall–Kier alpha value is -1.53. The van der Waals surface area contributed by atoms with Crippen LogP contribution in [0.25, 0.3) is 0 Å². The van der Waals surface area contributed by atoms with Crippen LogP contribution in [0.3, 0.4) is 0 Å². The first-order valence-electron chi connectivity index (χ1n) is 5.51. The summed E-state index contributed by atoms with van der Waals surface area (Å²) in [7, 11) is 1.83. The van der Waals surface area contributed by atoms with Crippen molar-refractivity contribution in [3.63, 3.8) is 0 Å². The van der Waals surface area contributed by atoms with Crippen molar-refractivity contribution < 1.29 is 9.90 Å². The average Bonchev–Trinajstić information content (AvgIpc) is 2.27. The van der Waals surface area contributed by atoms with E-state index in [1.807, 2.05) is 11.9 Å². The molecule has 2 N–H and O–H groups in total. The molecule has 6 heteroatoms. The molecule has 0 saturated carbocycles. The molecule has 17 heavy (non-hydrogen) atoms. The molecule has 0 saturated heterocycles. The predicted octanol–water partition coefficient (Wildman–Crippen LogP) is 0.118. The summed E-state index contributed by atoms with van der Waals surface area (Å²) >= 11 is 0. The zero-order valence-corrected chi connectivity index (χ0v) is 10.1. The van der Waals surface area contributed by atoms with Crippen LogP contribution < -0.4 is 5.32 Å². The number of anilines is 1. The van der Waals surface area contributed by atoms with Crippen molar-refractivity contribution >= 4 is 11.9 Å². The Morgan fingerprint density at radius 3 is 2.76 bits per heavy atom. The number of nitrogens with one attached hydrogen (secondary N) is 1. The second-order valence-corrected chi connectivity index (χ2v) is 4.00. The topological polar surface area (TPSA) is 78.4 Å². The highest BCUT2D eigenvalue weighted by Crippen LogP contribution is 1.96. The molecule has 0 spiro atoms. The molecule has 0 bridgehead atoms. The van der Waals surface area contributed by atoms with Crippen molar-refractivity contribution in [2.75, 3.05) is 25.5 Å². The number of carbonyl (C=O) groups excluding carboxylic acids is 1. The van der Waals surface area contributed by atoms with Crippen molar-refractivity contribution in [3.05, 3.63) is 18.5 Å². The molecular weight excluding hydrogens is 220 g/mol. The lowest BCUT2D eigenvalue weighted by Gasteiger charge is -2.16. The Bertz CT molecular complexity index is 343. The van der Waals surface area contributed by atoms with Gasteiger partial charge in [-0.2, -0.15) is 0 Å². The third-order valence-corrected chi connectivity index (χ3v) is 2.16. The van der Waals surface area contributed by atoms with Crippen molar-refractivity contribution in [1.82, 2.24) is 14.9 Å². The number of amides is 1. The zero-order valence-electron chi connectivity index (χ0n) is 10.1. The molecule has 1 aromatic rings. The highest BCUT2D eigenvalue weighted by molar-refractivity contribution is 5.90. The third-order valence-electron chi connectivity index (χ3n) is 2.16. The Labute approximate surface area is 101 Å². The molecule has 1 atom stereocenters. The molecule has 0 aromatic carbocycles. The second kappa shape index (κ2) is 6.93. The molecule has 0 fully saturated rings. The molecule has 0 radical (unpaired) electrons. The van der Waals surface area contributed by atoms with Crippen molar-refractivity contribution in [1.29, 1.82) is 0 Å². The normalized spacial score (nSPS) is 12.5. The minimum atomic E-state index is -0.349. The van der Waals surface area contributed by atoms with Gasteiger partial charge in [0.05, 0.1) is 12.6 Å². The van der Waals surface area contributed by atoms with E-state index in [2.05, 4.69) is 15.3 Å². The summed E-state index contributed by atoms with van der Waals surface area (Å²) in [4.78, 5) is 21.2. The van der Waals surface area contributed by atoms with E-state index in [0.29, 0.717) is 18.9 Å². The van der Waals surface area contributed by atoms with Crippen molar-refractivity contribution in [3.8, 4) is 0 Å². The molecule has 94 valence electrons. The fourth-order valence-electron chi connectivity index (χ4n) is 1.26. The zero-order chi connectivity index (χ0) is 12.7. The largest absolute Gasteiger partial charge is 0.393 e. The molecule has 1 heterocycles. The first kappa shape index (κ1) is 13.5. The predicted molar refractivity (Wildman–Crippen MR) is 64.5 cm³/mol. The first-order valence-corrected chi connectivity index (χ1v) is 5.51. The van der Waals surface area contributed by atoms with Crippen LogP contribution in [0.1, 0.15) is 13.3 Å². The molecule has 6 nitrogen and oxygen atoms in total. The van der Waals surface area contributed by atoms with Crippen LogP contribution in [0.2, 0.25) is 0 Å². The lowest BCUT2D eigenvalue weighted by molar-refractivity contribution is -0.117. The molecule has 1 unspecified atom stereocenters. The fraction of sp³-hybridized carbons (Fsp3) is 0.545. The van der Waals surface area contributed by atoms with Crippen LogP contribution in [0.4, 0.5) is 5.95 Å². The lowest BCUT2D eigenvalue weighted by atomic mass is 10.3. The number of likely N-dealkylation sites (N-methyl/N-ethyl adjacent to an activating group) is 1. The van der Waals surface area contributed by atoms with Crippen molar-refractivity contribution in [2.24, 2.45) is 0 Å². The first-order chi connectivity index (χ1) is 8.08. The lowest BCUT2D eigenvalue weighted by Crippen LogP contribution is -2.32. The van der Waals surface area contributed by atoms with Gasteiger partial charge in [-0.05, 0) is 26.5 Å². The number of carbonyl (C=O) groups is 1. The van der Waals surface area contributed by atoms with Crippen LogP contribution in [0, 0.1) is 0 Å². The summed E-state index contributed by atoms with van der Waals surface area (Å²) < 4.78 is 0. The van der Waals surface area contributed by atoms with Gasteiger partial charge in [0.2, 0.25) is 11.9 Å². The van der Waals surface area contributed by atoms with Crippen LogP contribution in [0.15, 0.2) is 18.5 Å². The molecule has 0 aliphatic carbocycles. The van der Waals surface area contributed by atoms with E-state index in [4.69, 9.17) is 5.11 Å². The van der Waals surface area contributed by atoms with Crippen LogP contribution in [-0.4, -0.2) is 52.1 Å². The number of hydrogen-bond donors (Lipinski definition) is 2. The SMILES string of the molecule is CC(O)CCN(C)CC(=O)Nc1ncccn1. The van der Waals surface area contributed by atoms with Gasteiger partial charge in [0.25, 0.3) is 0 Å². The van der Waals surface area contributed by atoms with Gasteiger partial charge in [0.15, 0.2) is 0 Å². The smallest absolute Gasteiger partial charge is 0.240 e. The maximum absolute atomic E-state index is 11.6. The van der Waals surface area contributed by atoms with Gasteiger partial charge in [-0.25, -0.2) is 9.97 Å². The van der Waals surface area contributed by atoms with E-state index in [1.54, 1.807) is 25.4 Å². The molecule has 1 aromatic heterocycles. The maximum atomic E-state index is 11.6. The van der Waals surface area contributed by atoms with E-state index in [0.717, 1.165) is 0 Å². The molecular formula is C11H18N4O2. The number of aromatic nitrogens is 2. The average molecular weight is 238 g/mol. The second-order valence-electron chi connectivity index (χ2n) is 4.00. The fourth-order valence-corrected chi connectivity index (χ4v) is 1.26. The van der Waals surface area contributed by atoms with E-state index in [1.165, 1.54) is 0 Å². The van der Waals surface area contributed by atoms with Crippen molar-refractivity contribution in [2.45, 2.75) is 19.4 Å². The van der Waals surface area contributed by atoms with Gasteiger partial charge in [0, 0.05) is 18.9 Å². The number of rotatable bonds is 6. The summed E-state index contributed by atoms with van der Waals surface area (Å²) in [6, 6.07) is 1.68. The highest BCUT2D eigenvalue weighted by Gasteiger charge is 2.08. The number of hydrogen-bond acceptors (Lipinski definition) is 5. The molecule has 1 amide bonds. The Kier molecular flexibility index (Phi) is 5.51. The Morgan fingerprint density at radius 1 is 1.53 bits per heavy atom. The van der Waals surface area contributed by atoms with Gasteiger partial charge in [-0.3, -0.25) is 15.0 Å². The number of aliphatic hydroxyl groups excluding tert-OH is 1. The van der Waals surface area contributed by atoms with Gasteiger partial charge >= 0.3 is 0 Å². The molecule has 0 aliphatic heterocycles. The minimum absolute atomic E-state index is 0.163. The van der Waals surface area contributed by atoms with Crippen LogP contribution >= 0.6 is 0 Å². The Morgan fingerprint density at radius 2 is 2.18 bits per heavy atom. The number of aliphatic hydroxyl groups is 1. The van der Waals surface area contributed by atoms with E-state index >= 15 is 0 Å². The summed E-state index contributed by atoms with van der Waals surface area (Å²) in [5.41, 5.74) is 0. The molecule has 1 rings (SSSR count). The van der Waals surface area contributed by atoms with Gasteiger partial charge in [-0.1, -0.05) is 0 Å². The van der Waals surface area contributed by atoms with Crippen LogP contribution in [0.5, 0.6) is 0 Å². The van der Waals surface area contributed by atoms with E-state index < -0.39 is 0 Å². The van der Waals surface area contributed by atoms with Gasteiger partial charge in [-0.15, -0.1) is 0 Å². The highest BCUT2D eigenvalue weighted by atomic mass is 16.3. The van der Waals surface area contributed by atoms with E-state index in [9.17, 15) is 4.79 Å². The summed E-state index contributed by atoms with van der Waals surface area (Å²) in [6.45, 7) is 2.65. The minimum Gasteiger partial charge on any atom is -0.393 e. The third kappa shape index (κ3) is 5.94.